The van der Waals surface area contributed by atoms with Crippen molar-refractivity contribution < 1.29 is 9.18 Å². The predicted octanol–water partition coefficient (Wildman–Crippen LogP) is 5.23. The first-order valence-electron chi connectivity index (χ1n) is 11.3. The number of carbonyl (C=O) groups excluding carboxylic acids is 1. The average Bonchev–Trinajstić information content (AvgIpc) is 3.25. The van der Waals surface area contributed by atoms with Gasteiger partial charge >= 0.3 is 0 Å². The molecular weight excluding hydrogens is 417 g/mol. The van der Waals surface area contributed by atoms with Gasteiger partial charge in [-0.3, -0.25) is 4.79 Å². The average molecular weight is 444 g/mol. The number of amides is 1. The molecule has 7 heteroatoms. The lowest BCUT2D eigenvalue weighted by Gasteiger charge is -2.30. The maximum absolute atomic E-state index is 14.6. The summed E-state index contributed by atoms with van der Waals surface area (Å²) in [6, 6.07) is 15.5. The minimum atomic E-state index is -0.461. The van der Waals surface area contributed by atoms with Gasteiger partial charge in [-0.1, -0.05) is 35.9 Å². The maximum Gasteiger partial charge on any atom is 0.251 e. The molecule has 1 aliphatic carbocycles. The smallest absolute Gasteiger partial charge is 0.251 e. The second kappa shape index (κ2) is 9.02. The fourth-order valence-corrected chi connectivity index (χ4v) is 4.50. The quantitative estimate of drug-likeness (QED) is 0.395. The number of fused-ring (bicyclic) bond motifs is 1. The van der Waals surface area contributed by atoms with Gasteiger partial charge in [-0.15, -0.1) is 0 Å². The van der Waals surface area contributed by atoms with Gasteiger partial charge in [0.1, 0.15) is 5.69 Å². The third kappa shape index (κ3) is 4.58. The summed E-state index contributed by atoms with van der Waals surface area (Å²) in [5.41, 5.74) is 3.70. The van der Waals surface area contributed by atoms with Crippen LogP contribution in [0.5, 0.6) is 0 Å². The highest BCUT2D eigenvalue weighted by Crippen LogP contribution is 2.30. The van der Waals surface area contributed by atoms with Crippen molar-refractivity contribution in [2.75, 3.05) is 5.32 Å². The summed E-state index contributed by atoms with van der Waals surface area (Å²) >= 11 is 0. The number of hydrogen-bond donors (Lipinski definition) is 3. The molecule has 0 spiro atoms. The van der Waals surface area contributed by atoms with Gasteiger partial charge in [0.2, 0.25) is 5.95 Å². The number of halogens is 1. The van der Waals surface area contributed by atoms with E-state index in [1.807, 2.05) is 55.5 Å². The molecule has 2 aromatic heterocycles. The van der Waals surface area contributed by atoms with E-state index in [0.717, 1.165) is 42.1 Å². The number of anilines is 1. The number of hydrogen-bond acceptors (Lipinski definition) is 4. The van der Waals surface area contributed by atoms with Crippen molar-refractivity contribution in [3.8, 4) is 11.3 Å². The third-order valence-corrected chi connectivity index (χ3v) is 6.24. The summed E-state index contributed by atoms with van der Waals surface area (Å²) in [5, 5.41) is 7.42. The third-order valence-electron chi connectivity index (χ3n) is 6.24. The van der Waals surface area contributed by atoms with E-state index in [4.69, 9.17) is 0 Å². The summed E-state index contributed by atoms with van der Waals surface area (Å²) < 4.78 is 14.6. The summed E-state index contributed by atoms with van der Waals surface area (Å²) in [6.07, 6.45) is 6.61. The number of nitrogens with one attached hydrogen (secondary N) is 3. The number of aromatic amines is 1. The van der Waals surface area contributed by atoms with E-state index < -0.39 is 5.82 Å². The highest BCUT2D eigenvalue weighted by molar-refractivity contribution is 5.95. The summed E-state index contributed by atoms with van der Waals surface area (Å²) in [4.78, 5) is 24.4. The summed E-state index contributed by atoms with van der Waals surface area (Å²) in [7, 11) is 0. The normalized spacial score (nSPS) is 18.2. The Kier molecular flexibility index (Phi) is 5.77. The van der Waals surface area contributed by atoms with E-state index >= 15 is 0 Å². The zero-order valence-electron chi connectivity index (χ0n) is 18.4. The van der Waals surface area contributed by atoms with Crippen molar-refractivity contribution in [2.24, 2.45) is 0 Å². The van der Waals surface area contributed by atoms with Crippen LogP contribution in [-0.4, -0.2) is 32.9 Å². The number of para-hydroxylation sites is 1. The van der Waals surface area contributed by atoms with Gasteiger partial charge in [0.25, 0.3) is 5.91 Å². The molecule has 1 saturated carbocycles. The highest BCUT2D eigenvalue weighted by atomic mass is 19.1. The molecule has 1 aliphatic rings. The Bertz CT molecular complexity index is 1280. The van der Waals surface area contributed by atoms with Crippen LogP contribution in [-0.2, 0) is 0 Å². The SMILES string of the molecule is Cc1ccc(C(=O)N[C@H]2CCC[C@@H](Nc3ncc(F)c(-c4c[nH]c5ccccc45)n3)C2)cc1. The zero-order valence-corrected chi connectivity index (χ0v) is 18.4. The zero-order chi connectivity index (χ0) is 22.8. The van der Waals surface area contributed by atoms with Gasteiger partial charge in [-0.05, 0) is 50.8 Å². The first kappa shape index (κ1) is 21.1. The lowest BCUT2D eigenvalue weighted by molar-refractivity contribution is 0.0926. The van der Waals surface area contributed by atoms with Crippen molar-refractivity contribution in [1.29, 1.82) is 0 Å². The van der Waals surface area contributed by atoms with E-state index in [2.05, 4.69) is 25.6 Å². The standard InChI is InChI=1S/C26H26FN5O/c1-16-9-11-17(12-10-16)25(33)30-18-5-4-6-19(13-18)31-26-29-15-22(27)24(32-26)21-14-28-23-8-3-2-7-20(21)23/h2-3,7-12,14-15,18-19,28H,4-6,13H2,1H3,(H,30,33)(H,29,31,32)/t18-,19+/m0/s1. The van der Waals surface area contributed by atoms with Crippen LogP contribution >= 0.6 is 0 Å². The van der Waals surface area contributed by atoms with Gasteiger partial charge in [0.15, 0.2) is 5.82 Å². The van der Waals surface area contributed by atoms with E-state index in [1.54, 1.807) is 6.20 Å². The van der Waals surface area contributed by atoms with Gasteiger partial charge in [0.05, 0.1) is 6.20 Å². The minimum absolute atomic E-state index is 0.0553. The van der Waals surface area contributed by atoms with Crippen molar-refractivity contribution in [3.63, 3.8) is 0 Å². The van der Waals surface area contributed by atoms with Crippen LogP contribution in [0.15, 0.2) is 60.9 Å². The Hall–Kier alpha value is -3.74. The molecule has 0 bridgehead atoms. The molecule has 0 radical (unpaired) electrons. The molecule has 1 fully saturated rings. The first-order chi connectivity index (χ1) is 16.1. The number of nitrogens with zero attached hydrogens (tertiary/aromatic N) is 2. The largest absolute Gasteiger partial charge is 0.360 e. The Morgan fingerprint density at radius 3 is 2.73 bits per heavy atom. The van der Waals surface area contributed by atoms with Crippen LogP contribution < -0.4 is 10.6 Å². The number of rotatable bonds is 5. The Balaban J connectivity index is 1.29. The molecule has 3 N–H and O–H groups in total. The molecule has 33 heavy (non-hydrogen) atoms. The van der Waals surface area contributed by atoms with Crippen LogP contribution in [0, 0.1) is 12.7 Å². The number of carbonyl (C=O) groups is 1. The van der Waals surface area contributed by atoms with E-state index in [1.165, 1.54) is 6.20 Å². The minimum Gasteiger partial charge on any atom is -0.360 e. The Morgan fingerprint density at radius 2 is 1.88 bits per heavy atom. The second-order valence-electron chi connectivity index (χ2n) is 8.68. The van der Waals surface area contributed by atoms with E-state index in [9.17, 15) is 9.18 Å². The predicted molar refractivity (Wildman–Crippen MR) is 128 cm³/mol. The molecule has 168 valence electrons. The lowest BCUT2D eigenvalue weighted by Crippen LogP contribution is -2.42. The summed E-state index contributed by atoms with van der Waals surface area (Å²) in [6.45, 7) is 2.00. The molecule has 2 atom stereocenters. The number of benzene rings is 2. The van der Waals surface area contributed by atoms with Gasteiger partial charge in [0, 0.05) is 40.3 Å². The fourth-order valence-electron chi connectivity index (χ4n) is 4.50. The molecule has 2 aromatic carbocycles. The van der Waals surface area contributed by atoms with Gasteiger partial charge in [-0.25, -0.2) is 14.4 Å². The van der Waals surface area contributed by atoms with Crippen LogP contribution in [0.4, 0.5) is 10.3 Å². The molecule has 1 amide bonds. The number of aryl methyl sites for hydroxylation is 1. The molecule has 2 heterocycles. The first-order valence-corrected chi connectivity index (χ1v) is 11.3. The topological polar surface area (TPSA) is 82.7 Å². The van der Waals surface area contributed by atoms with Crippen molar-refractivity contribution in [1.82, 2.24) is 20.3 Å². The molecule has 0 saturated heterocycles. The fraction of sp³-hybridized carbons (Fsp3) is 0.269. The summed E-state index contributed by atoms with van der Waals surface area (Å²) in [5.74, 6) is -0.121. The highest BCUT2D eigenvalue weighted by Gasteiger charge is 2.25. The van der Waals surface area contributed by atoms with Crippen LogP contribution in [0.2, 0.25) is 0 Å². The van der Waals surface area contributed by atoms with E-state index in [0.29, 0.717) is 17.1 Å². The molecule has 0 aliphatic heterocycles. The maximum atomic E-state index is 14.6. The number of H-pyrrole nitrogens is 1. The van der Waals surface area contributed by atoms with Crippen molar-refractivity contribution in [2.45, 2.75) is 44.7 Å². The van der Waals surface area contributed by atoms with E-state index in [-0.39, 0.29) is 23.7 Å². The molecule has 6 nitrogen and oxygen atoms in total. The van der Waals surface area contributed by atoms with Gasteiger partial charge < -0.3 is 15.6 Å². The second-order valence-corrected chi connectivity index (χ2v) is 8.68. The van der Waals surface area contributed by atoms with Crippen molar-refractivity contribution in [3.05, 3.63) is 77.9 Å². The van der Waals surface area contributed by atoms with Crippen molar-refractivity contribution >= 4 is 22.8 Å². The number of aromatic nitrogens is 3. The molecule has 5 rings (SSSR count). The van der Waals surface area contributed by atoms with Crippen LogP contribution in [0.3, 0.4) is 0 Å². The Morgan fingerprint density at radius 1 is 1.09 bits per heavy atom. The molecule has 4 aromatic rings. The van der Waals surface area contributed by atoms with Crippen LogP contribution in [0.1, 0.15) is 41.6 Å². The van der Waals surface area contributed by atoms with Crippen LogP contribution in [0.25, 0.3) is 22.2 Å². The molecular formula is C26H26FN5O. The Labute approximate surface area is 191 Å². The lowest BCUT2D eigenvalue weighted by atomic mass is 9.91. The molecule has 0 unspecified atom stereocenters. The monoisotopic (exact) mass is 443 g/mol. The van der Waals surface area contributed by atoms with Gasteiger partial charge in [-0.2, -0.15) is 0 Å².